The first-order valence-electron chi connectivity index (χ1n) is 7.19. The lowest BCUT2D eigenvalue weighted by molar-refractivity contribution is -0.134. The van der Waals surface area contributed by atoms with Crippen LogP contribution in [0.5, 0.6) is 5.75 Å². The van der Waals surface area contributed by atoms with E-state index in [-0.39, 0.29) is 17.8 Å². The predicted octanol–water partition coefficient (Wildman–Crippen LogP) is 3.82. The average molecular weight is 286 g/mol. The molecule has 0 spiro atoms. The van der Waals surface area contributed by atoms with Crippen LogP contribution in [0, 0.1) is 5.92 Å². The Morgan fingerprint density at radius 3 is 2.67 bits per heavy atom. The lowest BCUT2D eigenvalue weighted by atomic mass is 9.77. The molecule has 3 heteroatoms. The van der Waals surface area contributed by atoms with E-state index in [1.54, 1.807) is 7.11 Å². The van der Waals surface area contributed by atoms with Crippen LogP contribution in [0.1, 0.15) is 36.8 Å². The maximum atomic E-state index is 11.3. The van der Waals surface area contributed by atoms with Crippen LogP contribution in [0.25, 0.3) is 0 Å². The molecule has 0 saturated heterocycles. The highest BCUT2D eigenvalue weighted by atomic mass is 16.5. The van der Waals surface area contributed by atoms with Gasteiger partial charge in [0.15, 0.2) is 0 Å². The monoisotopic (exact) mass is 286 g/mol. The molecular weight excluding hydrogens is 264 g/mol. The summed E-state index contributed by atoms with van der Waals surface area (Å²) < 4.78 is 9.99. The molecule has 0 amide bonds. The zero-order valence-electron chi connectivity index (χ0n) is 13.0. The van der Waals surface area contributed by atoms with Crippen LogP contribution >= 0.6 is 0 Å². The molecule has 1 aliphatic carbocycles. The van der Waals surface area contributed by atoms with Gasteiger partial charge in [-0.25, -0.2) is 4.79 Å². The third kappa shape index (κ3) is 3.35. The summed E-state index contributed by atoms with van der Waals surface area (Å²) in [5.74, 6) is 1.40. The molecule has 1 aromatic rings. The number of carbonyl (C=O) groups excluding carboxylic acids is 1. The van der Waals surface area contributed by atoms with Crippen molar-refractivity contribution in [1.29, 1.82) is 0 Å². The van der Waals surface area contributed by atoms with Gasteiger partial charge in [-0.3, -0.25) is 0 Å². The predicted molar refractivity (Wildman–Crippen MR) is 83.6 cm³/mol. The number of fused-ring (bicyclic) bond motifs is 1. The fourth-order valence-corrected chi connectivity index (χ4v) is 2.75. The first-order valence-corrected chi connectivity index (χ1v) is 7.19. The molecule has 0 unspecified atom stereocenters. The summed E-state index contributed by atoms with van der Waals surface area (Å²) in [6.45, 7) is 4.29. The minimum absolute atomic E-state index is 0.207. The molecule has 3 nitrogen and oxygen atoms in total. The Kier molecular flexibility index (Phi) is 4.84. The van der Waals surface area contributed by atoms with Crippen molar-refractivity contribution < 1.29 is 14.3 Å². The topological polar surface area (TPSA) is 35.5 Å². The van der Waals surface area contributed by atoms with E-state index < -0.39 is 0 Å². The van der Waals surface area contributed by atoms with Crippen LogP contribution in [0.15, 0.2) is 42.5 Å². The van der Waals surface area contributed by atoms with E-state index in [1.165, 1.54) is 24.3 Å². The quantitative estimate of drug-likeness (QED) is 0.479. The summed E-state index contributed by atoms with van der Waals surface area (Å²) in [5.41, 5.74) is 2.59. The molecular formula is C18H22O3. The Labute approximate surface area is 126 Å². The van der Waals surface area contributed by atoms with Crippen molar-refractivity contribution in [3.63, 3.8) is 0 Å². The molecule has 0 heterocycles. The van der Waals surface area contributed by atoms with Crippen molar-refractivity contribution in [1.82, 2.24) is 0 Å². The van der Waals surface area contributed by atoms with Gasteiger partial charge in [0.25, 0.3) is 0 Å². The zero-order chi connectivity index (χ0) is 15.4. The Balaban J connectivity index is 2.31. The summed E-state index contributed by atoms with van der Waals surface area (Å²) in [5, 5.41) is 0. The molecule has 2 rings (SSSR count). The molecule has 0 fully saturated rings. The summed E-state index contributed by atoms with van der Waals surface area (Å²) in [6.07, 6.45) is 7.84. The van der Waals surface area contributed by atoms with Crippen molar-refractivity contribution in [2.45, 2.75) is 25.7 Å². The van der Waals surface area contributed by atoms with Gasteiger partial charge in [-0.1, -0.05) is 38.1 Å². The first-order chi connectivity index (χ1) is 10.1. The second kappa shape index (κ2) is 6.61. The van der Waals surface area contributed by atoms with Crippen LogP contribution in [-0.4, -0.2) is 20.2 Å². The van der Waals surface area contributed by atoms with E-state index in [0.717, 1.165) is 5.75 Å². The molecule has 3 atom stereocenters. The standard InChI is InChI=1S/C18H22O3/c1-12-5-8-15(13(2)6-10-18(19)21-4)17-11-14(20-3)7-9-16(12)17/h5-13,15H,1-4H3/b10-6+/t12-,13-,15+/m1/s1. The normalized spacial score (nSPS) is 21.9. The molecule has 0 aromatic heterocycles. The molecule has 1 aromatic carbocycles. The Bertz CT molecular complexity index is 572. The summed E-state index contributed by atoms with van der Waals surface area (Å²) in [4.78, 5) is 11.3. The SMILES string of the molecule is COC(=O)/C=C/[C@@H](C)[C@@H]1C=C[C@@H](C)c2ccc(OC)cc21. The number of allylic oxidation sites excluding steroid dienone is 3. The first kappa shape index (κ1) is 15.4. The van der Waals surface area contributed by atoms with Crippen LogP contribution in [0.3, 0.4) is 0 Å². The zero-order valence-corrected chi connectivity index (χ0v) is 13.0. The number of ether oxygens (including phenoxy) is 2. The van der Waals surface area contributed by atoms with Crippen molar-refractivity contribution in [3.05, 3.63) is 53.6 Å². The molecule has 1 aliphatic rings. The van der Waals surface area contributed by atoms with Crippen LogP contribution in [-0.2, 0) is 9.53 Å². The minimum atomic E-state index is -0.319. The van der Waals surface area contributed by atoms with Gasteiger partial charge >= 0.3 is 5.97 Å². The van der Waals surface area contributed by atoms with E-state index in [1.807, 2.05) is 12.1 Å². The lowest BCUT2D eigenvalue weighted by Gasteiger charge is -2.28. The number of rotatable bonds is 4. The van der Waals surface area contributed by atoms with Gasteiger partial charge in [-0.2, -0.15) is 0 Å². The van der Waals surface area contributed by atoms with Crippen molar-refractivity contribution in [3.8, 4) is 5.75 Å². The summed E-state index contributed by atoms with van der Waals surface area (Å²) in [7, 11) is 3.07. The second-order valence-corrected chi connectivity index (χ2v) is 5.44. The number of benzene rings is 1. The lowest BCUT2D eigenvalue weighted by Crippen LogP contribution is -2.14. The summed E-state index contributed by atoms with van der Waals surface area (Å²) >= 11 is 0. The molecule has 0 saturated carbocycles. The van der Waals surface area contributed by atoms with Crippen molar-refractivity contribution >= 4 is 5.97 Å². The van der Waals surface area contributed by atoms with Gasteiger partial charge in [0, 0.05) is 12.0 Å². The fourth-order valence-electron chi connectivity index (χ4n) is 2.75. The van der Waals surface area contributed by atoms with Gasteiger partial charge in [0.05, 0.1) is 14.2 Å². The molecule has 0 aliphatic heterocycles. The van der Waals surface area contributed by atoms with Crippen LogP contribution in [0.4, 0.5) is 0 Å². The highest BCUT2D eigenvalue weighted by molar-refractivity contribution is 5.81. The molecule has 21 heavy (non-hydrogen) atoms. The van der Waals surface area contributed by atoms with Crippen LogP contribution in [0.2, 0.25) is 0 Å². The maximum Gasteiger partial charge on any atom is 0.330 e. The highest BCUT2D eigenvalue weighted by Crippen LogP contribution is 2.39. The second-order valence-electron chi connectivity index (χ2n) is 5.44. The maximum absolute atomic E-state index is 11.3. The van der Waals surface area contributed by atoms with Crippen molar-refractivity contribution in [2.24, 2.45) is 5.92 Å². The number of methoxy groups -OCH3 is 2. The number of hydrogen-bond acceptors (Lipinski definition) is 3. The smallest absolute Gasteiger partial charge is 0.330 e. The Morgan fingerprint density at radius 1 is 1.24 bits per heavy atom. The van der Waals surface area contributed by atoms with E-state index in [0.29, 0.717) is 5.92 Å². The van der Waals surface area contributed by atoms with Crippen molar-refractivity contribution in [2.75, 3.05) is 14.2 Å². The molecule has 112 valence electrons. The Hall–Kier alpha value is -2.03. The highest BCUT2D eigenvalue weighted by Gasteiger charge is 2.24. The molecule has 0 bridgehead atoms. The fraction of sp³-hybridized carbons (Fsp3) is 0.389. The van der Waals surface area contributed by atoms with Gasteiger partial charge in [-0.15, -0.1) is 0 Å². The van der Waals surface area contributed by atoms with E-state index in [9.17, 15) is 4.79 Å². The molecule has 0 N–H and O–H groups in total. The third-order valence-corrected chi connectivity index (χ3v) is 4.05. The minimum Gasteiger partial charge on any atom is -0.497 e. The number of esters is 1. The van der Waals surface area contributed by atoms with Gasteiger partial charge in [-0.05, 0) is 35.1 Å². The summed E-state index contributed by atoms with van der Waals surface area (Å²) in [6, 6.07) is 6.23. The third-order valence-electron chi connectivity index (χ3n) is 4.05. The number of hydrogen-bond donors (Lipinski definition) is 0. The van der Waals surface area contributed by atoms with E-state index >= 15 is 0 Å². The van der Waals surface area contributed by atoms with E-state index in [4.69, 9.17) is 4.74 Å². The average Bonchev–Trinajstić information content (AvgIpc) is 2.52. The Morgan fingerprint density at radius 2 is 2.00 bits per heavy atom. The van der Waals surface area contributed by atoms with Gasteiger partial charge in [0.2, 0.25) is 0 Å². The van der Waals surface area contributed by atoms with E-state index in [2.05, 4.69) is 42.9 Å². The molecule has 0 radical (unpaired) electrons. The van der Waals surface area contributed by atoms with Gasteiger partial charge in [0.1, 0.15) is 5.75 Å². The number of carbonyl (C=O) groups is 1. The van der Waals surface area contributed by atoms with Crippen LogP contribution < -0.4 is 4.74 Å². The van der Waals surface area contributed by atoms with Gasteiger partial charge < -0.3 is 9.47 Å². The largest absolute Gasteiger partial charge is 0.497 e.